The van der Waals surface area contributed by atoms with Crippen LogP contribution in [0.4, 0.5) is 4.79 Å². The summed E-state index contributed by atoms with van der Waals surface area (Å²) in [6, 6.07) is 21.5. The molecule has 172 valence electrons. The SMILES string of the molecule is CC(C)(C)OC(=O)N1CCC(Oc2ccc(-c3ccc(Oc4ccccc4)nc3)cc2)CC1. The number of pyridine rings is 1. The summed E-state index contributed by atoms with van der Waals surface area (Å²) in [5.74, 6) is 2.14. The summed E-state index contributed by atoms with van der Waals surface area (Å²) >= 11 is 0. The van der Waals surface area contributed by atoms with Crippen molar-refractivity contribution in [2.75, 3.05) is 13.1 Å². The molecular weight excluding hydrogens is 416 g/mol. The molecule has 0 N–H and O–H groups in total. The van der Waals surface area contributed by atoms with Gasteiger partial charge in [0.2, 0.25) is 5.88 Å². The first-order valence-electron chi connectivity index (χ1n) is 11.3. The van der Waals surface area contributed by atoms with E-state index in [4.69, 9.17) is 14.2 Å². The third-order valence-corrected chi connectivity index (χ3v) is 5.29. The Morgan fingerprint density at radius 3 is 2.15 bits per heavy atom. The molecule has 0 aliphatic carbocycles. The number of amides is 1. The van der Waals surface area contributed by atoms with Gasteiger partial charge in [-0.05, 0) is 56.7 Å². The Bertz CT molecular complexity index is 1040. The second-order valence-corrected chi connectivity index (χ2v) is 9.11. The highest BCUT2D eigenvalue weighted by Gasteiger charge is 2.27. The van der Waals surface area contributed by atoms with Gasteiger partial charge in [0.1, 0.15) is 23.2 Å². The van der Waals surface area contributed by atoms with Crippen LogP contribution in [0, 0.1) is 0 Å². The molecule has 2 heterocycles. The first-order valence-corrected chi connectivity index (χ1v) is 11.3. The second-order valence-electron chi connectivity index (χ2n) is 9.11. The minimum atomic E-state index is -0.475. The number of aromatic nitrogens is 1. The highest BCUT2D eigenvalue weighted by atomic mass is 16.6. The van der Waals surface area contributed by atoms with Gasteiger partial charge < -0.3 is 19.1 Å². The number of benzene rings is 2. The number of carbonyl (C=O) groups is 1. The first-order chi connectivity index (χ1) is 15.9. The molecule has 0 radical (unpaired) electrons. The fourth-order valence-electron chi connectivity index (χ4n) is 3.62. The molecule has 1 aromatic heterocycles. The zero-order valence-electron chi connectivity index (χ0n) is 19.4. The number of carbonyl (C=O) groups excluding carboxylic acids is 1. The van der Waals surface area contributed by atoms with Crippen LogP contribution >= 0.6 is 0 Å². The van der Waals surface area contributed by atoms with E-state index >= 15 is 0 Å². The smallest absolute Gasteiger partial charge is 0.410 e. The predicted octanol–water partition coefficient (Wildman–Crippen LogP) is 6.32. The third-order valence-electron chi connectivity index (χ3n) is 5.29. The number of piperidine rings is 1. The van der Waals surface area contributed by atoms with Gasteiger partial charge in [-0.25, -0.2) is 9.78 Å². The highest BCUT2D eigenvalue weighted by Crippen LogP contribution is 2.26. The van der Waals surface area contributed by atoms with Crippen LogP contribution < -0.4 is 9.47 Å². The monoisotopic (exact) mass is 446 g/mol. The van der Waals surface area contributed by atoms with E-state index in [0.717, 1.165) is 35.5 Å². The summed E-state index contributed by atoms with van der Waals surface area (Å²) in [5.41, 5.74) is 1.59. The van der Waals surface area contributed by atoms with E-state index in [2.05, 4.69) is 4.98 Å². The van der Waals surface area contributed by atoms with E-state index < -0.39 is 5.60 Å². The molecule has 1 fully saturated rings. The summed E-state index contributed by atoms with van der Waals surface area (Å²) in [6.45, 7) is 6.93. The second kappa shape index (κ2) is 9.94. The molecule has 0 atom stereocenters. The van der Waals surface area contributed by atoms with Gasteiger partial charge in [0.25, 0.3) is 0 Å². The summed E-state index contributed by atoms with van der Waals surface area (Å²) in [4.78, 5) is 18.4. The maximum atomic E-state index is 12.2. The van der Waals surface area contributed by atoms with Crippen LogP contribution in [-0.2, 0) is 4.74 Å². The maximum absolute atomic E-state index is 12.2. The molecule has 1 amide bonds. The Balaban J connectivity index is 1.29. The van der Waals surface area contributed by atoms with Crippen molar-refractivity contribution < 1.29 is 19.0 Å². The third kappa shape index (κ3) is 6.48. The molecule has 2 aromatic carbocycles. The van der Waals surface area contributed by atoms with Crippen LogP contribution in [0.25, 0.3) is 11.1 Å². The van der Waals surface area contributed by atoms with Crippen molar-refractivity contribution in [3.8, 4) is 28.5 Å². The molecule has 1 aliphatic rings. The van der Waals surface area contributed by atoms with E-state index in [-0.39, 0.29) is 12.2 Å². The summed E-state index contributed by atoms with van der Waals surface area (Å²) < 4.78 is 17.4. The lowest BCUT2D eigenvalue weighted by atomic mass is 10.1. The fraction of sp³-hybridized carbons (Fsp3) is 0.333. The van der Waals surface area contributed by atoms with E-state index in [1.54, 1.807) is 11.1 Å². The molecule has 6 heteroatoms. The quantitative estimate of drug-likeness (QED) is 0.459. The minimum absolute atomic E-state index is 0.0885. The number of nitrogens with zero attached hydrogens (tertiary/aromatic N) is 2. The molecule has 6 nitrogen and oxygen atoms in total. The Kier molecular flexibility index (Phi) is 6.82. The van der Waals surface area contributed by atoms with Crippen molar-refractivity contribution in [3.05, 3.63) is 72.9 Å². The summed E-state index contributed by atoms with van der Waals surface area (Å²) in [7, 11) is 0. The zero-order chi connectivity index (χ0) is 23.3. The van der Waals surface area contributed by atoms with Gasteiger partial charge in [0.15, 0.2) is 0 Å². The first kappa shape index (κ1) is 22.6. The molecule has 4 rings (SSSR count). The minimum Gasteiger partial charge on any atom is -0.490 e. The van der Waals surface area contributed by atoms with Gasteiger partial charge in [0, 0.05) is 43.8 Å². The standard InChI is InChI=1S/C27H30N2O4/c1-27(2,3)33-26(30)29-17-15-24(16-18-29)31-23-12-9-20(10-13-23)21-11-14-25(28-19-21)32-22-7-5-4-6-8-22/h4-14,19,24H,15-18H2,1-3H3. The lowest BCUT2D eigenvalue weighted by Gasteiger charge is -2.33. The van der Waals surface area contributed by atoms with E-state index in [9.17, 15) is 4.79 Å². The van der Waals surface area contributed by atoms with Crippen LogP contribution in [0.2, 0.25) is 0 Å². The summed E-state index contributed by atoms with van der Waals surface area (Å²) in [6.07, 6.45) is 3.21. The van der Waals surface area contributed by atoms with Crippen LogP contribution in [0.3, 0.4) is 0 Å². The molecule has 0 spiro atoms. The molecule has 0 unspecified atom stereocenters. The van der Waals surface area contributed by atoms with E-state index in [1.807, 2.05) is 87.5 Å². The lowest BCUT2D eigenvalue weighted by Crippen LogP contribution is -2.44. The van der Waals surface area contributed by atoms with Gasteiger partial charge in [-0.2, -0.15) is 0 Å². The molecule has 33 heavy (non-hydrogen) atoms. The Hall–Kier alpha value is -3.54. The van der Waals surface area contributed by atoms with Crippen LogP contribution in [0.15, 0.2) is 72.9 Å². The molecule has 1 aliphatic heterocycles. The number of para-hydroxylation sites is 1. The molecular formula is C27H30N2O4. The number of likely N-dealkylation sites (tertiary alicyclic amines) is 1. The number of hydrogen-bond acceptors (Lipinski definition) is 5. The van der Waals surface area contributed by atoms with E-state index in [0.29, 0.717) is 19.0 Å². The van der Waals surface area contributed by atoms with Crippen molar-refractivity contribution in [1.29, 1.82) is 0 Å². The van der Waals surface area contributed by atoms with Crippen molar-refractivity contribution in [2.24, 2.45) is 0 Å². The van der Waals surface area contributed by atoms with Gasteiger partial charge in [-0.15, -0.1) is 0 Å². The zero-order valence-corrected chi connectivity index (χ0v) is 19.4. The normalized spacial score (nSPS) is 14.6. The number of rotatable bonds is 5. The maximum Gasteiger partial charge on any atom is 0.410 e. The van der Waals surface area contributed by atoms with Crippen molar-refractivity contribution in [2.45, 2.75) is 45.3 Å². The molecule has 1 saturated heterocycles. The van der Waals surface area contributed by atoms with Gasteiger partial charge in [-0.3, -0.25) is 0 Å². The largest absolute Gasteiger partial charge is 0.490 e. The lowest BCUT2D eigenvalue weighted by molar-refractivity contribution is 0.0126. The fourth-order valence-corrected chi connectivity index (χ4v) is 3.62. The van der Waals surface area contributed by atoms with Gasteiger partial charge >= 0.3 is 6.09 Å². The Labute approximate surface area is 195 Å². The van der Waals surface area contributed by atoms with Crippen LogP contribution in [0.5, 0.6) is 17.4 Å². The summed E-state index contributed by atoms with van der Waals surface area (Å²) in [5, 5.41) is 0. The van der Waals surface area contributed by atoms with Crippen LogP contribution in [0.1, 0.15) is 33.6 Å². The average molecular weight is 447 g/mol. The molecule has 3 aromatic rings. The van der Waals surface area contributed by atoms with Crippen molar-refractivity contribution >= 4 is 6.09 Å². The highest BCUT2D eigenvalue weighted by molar-refractivity contribution is 5.68. The van der Waals surface area contributed by atoms with E-state index in [1.165, 1.54) is 0 Å². The Morgan fingerprint density at radius 2 is 1.55 bits per heavy atom. The molecule has 0 saturated carbocycles. The van der Waals surface area contributed by atoms with Crippen molar-refractivity contribution in [1.82, 2.24) is 9.88 Å². The average Bonchev–Trinajstić information content (AvgIpc) is 2.80. The Morgan fingerprint density at radius 1 is 0.879 bits per heavy atom. The predicted molar refractivity (Wildman–Crippen MR) is 128 cm³/mol. The number of hydrogen-bond donors (Lipinski definition) is 0. The molecule has 0 bridgehead atoms. The topological polar surface area (TPSA) is 60.9 Å². The van der Waals surface area contributed by atoms with Crippen LogP contribution in [-0.4, -0.2) is 40.8 Å². The van der Waals surface area contributed by atoms with Gasteiger partial charge in [0.05, 0.1) is 0 Å². The number of ether oxygens (including phenoxy) is 3. The van der Waals surface area contributed by atoms with Crippen molar-refractivity contribution in [3.63, 3.8) is 0 Å². The van der Waals surface area contributed by atoms with Gasteiger partial charge in [-0.1, -0.05) is 30.3 Å².